The Morgan fingerprint density at radius 3 is 2.42 bits per heavy atom. The molecule has 1 aromatic rings. The summed E-state index contributed by atoms with van der Waals surface area (Å²) < 4.78 is 43.3. The fourth-order valence-electron chi connectivity index (χ4n) is 2.13. The van der Waals surface area contributed by atoms with Crippen molar-refractivity contribution in [3.8, 4) is 0 Å². The molecule has 1 atom stereocenters. The van der Waals surface area contributed by atoms with Crippen molar-refractivity contribution in [2.75, 3.05) is 6.54 Å². The number of hydrogen-bond acceptors (Lipinski definition) is 3. The van der Waals surface area contributed by atoms with Gasteiger partial charge in [-0.25, -0.2) is 4.79 Å². The molecule has 0 aliphatic rings. The summed E-state index contributed by atoms with van der Waals surface area (Å²) >= 11 is 0. The number of nitrogens with one attached hydrogen (secondary N) is 2. The Morgan fingerprint density at radius 2 is 1.85 bits per heavy atom. The fourth-order valence-corrected chi connectivity index (χ4v) is 2.13. The molecule has 0 heterocycles. The second-order valence-electron chi connectivity index (χ2n) is 6.94. The molecule has 0 aromatic heterocycles. The van der Waals surface area contributed by atoms with E-state index in [1.165, 1.54) is 12.1 Å². The molecule has 26 heavy (non-hydrogen) atoms. The van der Waals surface area contributed by atoms with Crippen LogP contribution in [0, 0.1) is 0 Å². The van der Waals surface area contributed by atoms with Crippen molar-refractivity contribution < 1.29 is 27.5 Å². The Labute approximate surface area is 151 Å². The Morgan fingerprint density at radius 1 is 1.19 bits per heavy atom. The zero-order valence-corrected chi connectivity index (χ0v) is 15.4. The number of amides is 2. The Hall–Kier alpha value is -2.25. The van der Waals surface area contributed by atoms with E-state index in [4.69, 9.17) is 4.74 Å². The third-order valence-corrected chi connectivity index (χ3v) is 3.34. The van der Waals surface area contributed by atoms with Crippen LogP contribution in [0.25, 0.3) is 0 Å². The maximum atomic E-state index is 12.7. The highest BCUT2D eigenvalue weighted by Crippen LogP contribution is 2.30. The van der Waals surface area contributed by atoms with Gasteiger partial charge in [-0.15, -0.1) is 0 Å². The number of rotatable bonds is 6. The smallest absolute Gasteiger partial charge is 0.416 e. The van der Waals surface area contributed by atoms with E-state index in [-0.39, 0.29) is 18.9 Å². The van der Waals surface area contributed by atoms with E-state index in [0.717, 1.165) is 12.1 Å². The number of carbonyl (C=O) groups is 2. The molecule has 0 fully saturated rings. The molecule has 0 bridgehead atoms. The first kappa shape index (κ1) is 21.8. The average molecular weight is 374 g/mol. The predicted molar refractivity (Wildman–Crippen MR) is 91.5 cm³/mol. The van der Waals surface area contributed by atoms with Gasteiger partial charge >= 0.3 is 12.3 Å². The van der Waals surface area contributed by atoms with Crippen molar-refractivity contribution in [3.63, 3.8) is 0 Å². The molecule has 0 radical (unpaired) electrons. The minimum Gasteiger partial charge on any atom is -0.444 e. The third kappa shape index (κ3) is 8.22. The van der Waals surface area contributed by atoms with Crippen molar-refractivity contribution in [2.45, 2.75) is 58.4 Å². The number of ether oxygens (including phenoxy) is 1. The second kappa shape index (κ2) is 8.91. The van der Waals surface area contributed by atoms with E-state index in [2.05, 4.69) is 10.6 Å². The normalized spacial score (nSPS) is 13.0. The highest BCUT2D eigenvalue weighted by atomic mass is 19.4. The van der Waals surface area contributed by atoms with Gasteiger partial charge in [0.1, 0.15) is 5.60 Å². The van der Waals surface area contributed by atoms with E-state index in [0.29, 0.717) is 12.0 Å². The molecule has 2 amide bonds. The number of alkyl halides is 3. The number of hydrogen-bond donors (Lipinski definition) is 2. The van der Waals surface area contributed by atoms with E-state index < -0.39 is 29.5 Å². The average Bonchev–Trinajstić information content (AvgIpc) is 2.49. The molecule has 146 valence electrons. The van der Waals surface area contributed by atoms with Crippen LogP contribution in [0.3, 0.4) is 0 Å². The fraction of sp³-hybridized carbons (Fsp3) is 0.556. The number of halogens is 3. The van der Waals surface area contributed by atoms with E-state index in [9.17, 15) is 22.8 Å². The monoisotopic (exact) mass is 374 g/mol. The second-order valence-corrected chi connectivity index (χ2v) is 6.94. The summed E-state index contributed by atoms with van der Waals surface area (Å²) in [5.74, 6) is -0.305. The Bertz CT molecular complexity index is 625. The van der Waals surface area contributed by atoms with Crippen LogP contribution in [0.4, 0.5) is 18.0 Å². The SMILES string of the molecule is CC(NC(=O)CCCNC(=O)OC(C)(C)C)c1cccc(C(F)(F)F)c1. The first-order valence-electron chi connectivity index (χ1n) is 8.32. The number of benzene rings is 1. The molecule has 5 nitrogen and oxygen atoms in total. The van der Waals surface area contributed by atoms with Gasteiger partial charge in [0.2, 0.25) is 5.91 Å². The van der Waals surface area contributed by atoms with Gasteiger partial charge in [-0.1, -0.05) is 12.1 Å². The summed E-state index contributed by atoms with van der Waals surface area (Å²) in [6.07, 6.45) is -4.46. The van der Waals surface area contributed by atoms with Crippen LogP contribution in [-0.4, -0.2) is 24.1 Å². The summed E-state index contributed by atoms with van der Waals surface area (Å²) in [7, 11) is 0. The van der Waals surface area contributed by atoms with Crippen LogP contribution in [0.1, 0.15) is 57.7 Å². The third-order valence-electron chi connectivity index (χ3n) is 3.34. The molecular formula is C18H25F3N2O3. The minimum atomic E-state index is -4.42. The van der Waals surface area contributed by atoms with Crippen LogP contribution in [-0.2, 0) is 15.7 Å². The molecule has 1 aromatic carbocycles. The van der Waals surface area contributed by atoms with Crippen molar-refractivity contribution in [1.29, 1.82) is 0 Å². The van der Waals surface area contributed by atoms with E-state index in [1.807, 2.05) is 0 Å². The molecule has 1 rings (SSSR count). The van der Waals surface area contributed by atoms with Crippen LogP contribution in [0.2, 0.25) is 0 Å². The maximum absolute atomic E-state index is 12.7. The largest absolute Gasteiger partial charge is 0.444 e. The molecule has 1 unspecified atom stereocenters. The number of carbonyl (C=O) groups excluding carboxylic acids is 2. The summed E-state index contributed by atoms with van der Waals surface area (Å²) in [5.41, 5.74) is -0.973. The highest BCUT2D eigenvalue weighted by molar-refractivity contribution is 5.76. The first-order chi connectivity index (χ1) is 11.9. The maximum Gasteiger partial charge on any atom is 0.416 e. The summed E-state index contributed by atoms with van der Waals surface area (Å²) in [6, 6.07) is 4.30. The van der Waals surface area contributed by atoms with Gasteiger partial charge in [0.05, 0.1) is 11.6 Å². The summed E-state index contributed by atoms with van der Waals surface area (Å²) in [4.78, 5) is 23.4. The lowest BCUT2D eigenvalue weighted by atomic mass is 10.0. The van der Waals surface area contributed by atoms with Gasteiger partial charge in [-0.2, -0.15) is 13.2 Å². The van der Waals surface area contributed by atoms with Crippen molar-refractivity contribution in [2.24, 2.45) is 0 Å². The van der Waals surface area contributed by atoms with Gasteiger partial charge < -0.3 is 15.4 Å². The van der Waals surface area contributed by atoms with Gasteiger partial charge in [-0.3, -0.25) is 4.79 Å². The van der Waals surface area contributed by atoms with E-state index >= 15 is 0 Å². The van der Waals surface area contributed by atoms with Crippen LogP contribution in [0.5, 0.6) is 0 Å². The predicted octanol–water partition coefficient (Wildman–Crippen LogP) is 4.19. The molecular weight excluding hydrogens is 349 g/mol. The van der Waals surface area contributed by atoms with Crippen molar-refractivity contribution in [1.82, 2.24) is 10.6 Å². The summed E-state index contributed by atoms with van der Waals surface area (Å²) in [5, 5.41) is 5.19. The van der Waals surface area contributed by atoms with Crippen molar-refractivity contribution >= 4 is 12.0 Å². The van der Waals surface area contributed by atoms with Crippen LogP contribution in [0.15, 0.2) is 24.3 Å². The van der Waals surface area contributed by atoms with E-state index in [1.54, 1.807) is 27.7 Å². The lowest BCUT2D eigenvalue weighted by Gasteiger charge is -2.19. The molecule has 0 aliphatic heterocycles. The van der Waals surface area contributed by atoms with Gasteiger partial charge in [-0.05, 0) is 51.8 Å². The lowest BCUT2D eigenvalue weighted by molar-refractivity contribution is -0.137. The van der Waals surface area contributed by atoms with Crippen LogP contribution < -0.4 is 10.6 Å². The quantitative estimate of drug-likeness (QED) is 0.734. The van der Waals surface area contributed by atoms with Gasteiger partial charge in [0, 0.05) is 13.0 Å². The standard InChI is InChI=1S/C18H25F3N2O3/c1-12(13-7-5-8-14(11-13)18(19,20)21)23-15(24)9-6-10-22-16(25)26-17(2,3)4/h5,7-8,11-12H,6,9-10H2,1-4H3,(H,22,25)(H,23,24). The molecule has 2 N–H and O–H groups in total. The molecule has 0 saturated heterocycles. The Kier molecular flexibility index (Phi) is 7.47. The molecule has 0 aliphatic carbocycles. The van der Waals surface area contributed by atoms with Gasteiger partial charge in [0.25, 0.3) is 0 Å². The Balaban J connectivity index is 2.40. The van der Waals surface area contributed by atoms with Crippen LogP contribution >= 0.6 is 0 Å². The summed E-state index contributed by atoms with van der Waals surface area (Å²) in [6.45, 7) is 7.12. The molecule has 0 saturated carbocycles. The minimum absolute atomic E-state index is 0.138. The zero-order valence-electron chi connectivity index (χ0n) is 15.4. The molecule has 0 spiro atoms. The topological polar surface area (TPSA) is 67.4 Å². The molecule has 8 heteroatoms. The van der Waals surface area contributed by atoms with Crippen molar-refractivity contribution in [3.05, 3.63) is 35.4 Å². The zero-order chi connectivity index (χ0) is 20.0. The highest BCUT2D eigenvalue weighted by Gasteiger charge is 2.30. The van der Waals surface area contributed by atoms with Gasteiger partial charge in [0.15, 0.2) is 0 Å². The first-order valence-corrected chi connectivity index (χ1v) is 8.32. The number of alkyl carbamates (subject to hydrolysis) is 1. The lowest BCUT2D eigenvalue weighted by Crippen LogP contribution is -2.33.